The molecule has 0 aliphatic rings. The molecular weight excluding hydrogens is 220 g/mol. The summed E-state index contributed by atoms with van der Waals surface area (Å²) >= 11 is 0. The van der Waals surface area contributed by atoms with Gasteiger partial charge in [-0.15, -0.1) is 0 Å². The Balaban J connectivity index is 2.83. The molecule has 2 aromatic rings. The van der Waals surface area contributed by atoms with Crippen LogP contribution in [-0.2, 0) is 4.74 Å². The fourth-order valence-electron chi connectivity index (χ4n) is 1.68. The van der Waals surface area contributed by atoms with Crippen LogP contribution < -0.4 is 0 Å². The van der Waals surface area contributed by atoms with E-state index in [1.165, 1.54) is 13.2 Å². The monoisotopic (exact) mass is 231 g/mol. The lowest BCUT2D eigenvalue weighted by Gasteiger charge is -2.08. The highest BCUT2D eigenvalue weighted by Crippen LogP contribution is 2.38. The molecular formula is C12H10N2O3. The molecule has 0 amide bonds. The lowest BCUT2D eigenvalue weighted by atomic mass is 10.0. The van der Waals surface area contributed by atoms with Crippen molar-refractivity contribution < 1.29 is 16.0 Å². The topological polar surface area (TPSA) is 82.7 Å². The first-order valence-electron chi connectivity index (χ1n) is 5.32. The van der Waals surface area contributed by atoms with Gasteiger partial charge in [0.25, 0.3) is 0 Å². The molecule has 0 radical (unpaired) electrons. The molecule has 0 aromatic heterocycles. The van der Waals surface area contributed by atoms with E-state index in [2.05, 4.69) is 15.4 Å². The van der Waals surface area contributed by atoms with E-state index in [9.17, 15) is 9.90 Å². The molecule has 0 spiro atoms. The molecule has 17 heavy (non-hydrogen) atoms. The number of benzene rings is 2. The zero-order valence-corrected chi connectivity index (χ0v) is 9.04. The summed E-state index contributed by atoms with van der Waals surface area (Å²) < 4.78 is 11.3. The molecule has 0 saturated heterocycles. The van der Waals surface area contributed by atoms with E-state index in [1.54, 1.807) is 24.3 Å². The van der Waals surface area contributed by atoms with Crippen molar-refractivity contribution in [3.8, 4) is 5.75 Å². The molecule has 2 rings (SSSR count). The Morgan fingerprint density at radius 3 is 3.00 bits per heavy atom. The maximum Gasteiger partial charge on any atom is 0.341 e. The number of fused-ring (bicyclic) bond motifs is 1. The Morgan fingerprint density at radius 1 is 1.53 bits per heavy atom. The van der Waals surface area contributed by atoms with Gasteiger partial charge in [0.15, 0.2) is 5.75 Å². The van der Waals surface area contributed by atoms with Crippen LogP contribution in [0, 0.1) is 5.52 Å². The van der Waals surface area contributed by atoms with Crippen LogP contribution in [-0.4, -0.2) is 18.2 Å². The second kappa shape index (κ2) is 4.21. The molecule has 0 saturated carbocycles. The van der Waals surface area contributed by atoms with E-state index in [0.717, 1.165) is 0 Å². The van der Waals surface area contributed by atoms with Crippen LogP contribution >= 0.6 is 0 Å². The number of phenolic OH excluding ortho intramolecular Hbond substituents is 1. The maximum atomic E-state index is 11.5. The molecule has 0 atom stereocenters. The van der Waals surface area contributed by atoms with Gasteiger partial charge in [0.2, 0.25) is 1.41 Å². The molecule has 0 fully saturated rings. The number of hydrogen-bond donors (Lipinski definition) is 2. The van der Waals surface area contributed by atoms with Crippen molar-refractivity contribution >= 4 is 22.4 Å². The molecule has 2 aromatic carbocycles. The van der Waals surface area contributed by atoms with E-state index in [4.69, 9.17) is 1.41 Å². The number of esters is 1. The average Bonchev–Trinajstić information content (AvgIpc) is 2.41. The van der Waals surface area contributed by atoms with Gasteiger partial charge in [-0.2, -0.15) is 5.11 Å². The molecule has 0 aliphatic heterocycles. The predicted molar refractivity (Wildman–Crippen MR) is 61.8 cm³/mol. The van der Waals surface area contributed by atoms with E-state index < -0.39 is 5.97 Å². The Bertz CT molecular complexity index is 641. The van der Waals surface area contributed by atoms with Crippen LogP contribution in [0.15, 0.2) is 35.4 Å². The minimum absolute atomic E-state index is 0.00130. The highest BCUT2D eigenvalue weighted by molar-refractivity contribution is 6.04. The number of carbonyl (C=O) groups excluding carboxylic acids is 1. The Hall–Kier alpha value is -2.43. The lowest BCUT2D eigenvalue weighted by Crippen LogP contribution is -2.01. The van der Waals surface area contributed by atoms with Gasteiger partial charge in [0.1, 0.15) is 11.3 Å². The first-order chi connectivity index (χ1) is 8.69. The number of nitrogens with one attached hydrogen (secondary N) is 1. The number of carbonyl (C=O) groups is 1. The third-order valence-electron chi connectivity index (χ3n) is 2.50. The minimum atomic E-state index is -0.667. The van der Waals surface area contributed by atoms with Crippen molar-refractivity contribution in [3.05, 3.63) is 35.9 Å². The molecule has 5 nitrogen and oxygen atoms in total. The lowest BCUT2D eigenvalue weighted by molar-refractivity contribution is 0.0598. The molecule has 2 N–H and O–H groups in total. The average molecular weight is 231 g/mol. The molecule has 0 heterocycles. The summed E-state index contributed by atoms with van der Waals surface area (Å²) in [6.07, 6.45) is 0. The Morgan fingerprint density at radius 2 is 2.29 bits per heavy atom. The first-order valence-corrected chi connectivity index (χ1v) is 4.87. The highest BCUT2D eigenvalue weighted by atomic mass is 16.5. The second-order valence-electron chi connectivity index (χ2n) is 3.43. The van der Waals surface area contributed by atoms with Gasteiger partial charge in [-0.05, 0) is 11.5 Å². The first kappa shape index (κ1) is 9.77. The number of rotatable bonds is 2. The molecule has 0 aliphatic carbocycles. The van der Waals surface area contributed by atoms with Gasteiger partial charge in [-0.3, -0.25) is 0 Å². The second-order valence-corrected chi connectivity index (χ2v) is 3.43. The van der Waals surface area contributed by atoms with Crippen molar-refractivity contribution in [2.75, 3.05) is 7.11 Å². The number of nitrogens with zero attached hydrogens (tertiary/aromatic N) is 1. The van der Waals surface area contributed by atoms with Crippen molar-refractivity contribution in [1.29, 1.82) is 5.52 Å². The van der Waals surface area contributed by atoms with E-state index in [-0.39, 0.29) is 17.0 Å². The van der Waals surface area contributed by atoms with Gasteiger partial charge >= 0.3 is 5.97 Å². The summed E-state index contributed by atoms with van der Waals surface area (Å²) in [6.45, 7) is 0. The summed E-state index contributed by atoms with van der Waals surface area (Å²) in [7, 11) is 1.22. The minimum Gasteiger partial charge on any atom is -0.505 e. The van der Waals surface area contributed by atoms with Crippen LogP contribution in [0.2, 0.25) is 1.41 Å². The van der Waals surface area contributed by atoms with Crippen LogP contribution in [0.5, 0.6) is 5.75 Å². The Labute approximate surface area is 98.6 Å². The van der Waals surface area contributed by atoms with E-state index in [0.29, 0.717) is 10.8 Å². The summed E-state index contributed by atoms with van der Waals surface area (Å²) in [6, 6.07) is 8.56. The number of aromatic hydroxyl groups is 1. The molecule has 0 bridgehead atoms. The van der Waals surface area contributed by atoms with Gasteiger partial charge in [-0.1, -0.05) is 24.3 Å². The zero-order chi connectivity index (χ0) is 13.1. The standard InChI is InChI=1S/C12H10N2O3/c1-17-12(16)9-6-7-4-2-3-5-8(7)10(14-13)11(9)15/h2-6,13,15H,1H3/i/hD. The number of phenols is 1. The third kappa shape index (κ3) is 1.71. The molecule has 86 valence electrons. The fraction of sp³-hybridized carbons (Fsp3) is 0.0833. The smallest absolute Gasteiger partial charge is 0.341 e. The summed E-state index contributed by atoms with van der Waals surface area (Å²) in [4.78, 5) is 11.5. The highest BCUT2D eigenvalue weighted by Gasteiger charge is 2.18. The number of methoxy groups -OCH3 is 1. The predicted octanol–water partition coefficient (Wildman–Crippen LogP) is 2.99. The summed E-state index contributed by atoms with van der Waals surface area (Å²) in [5, 5.41) is 14.8. The summed E-state index contributed by atoms with van der Waals surface area (Å²) in [5.74, 6) is -1.00. The van der Waals surface area contributed by atoms with Crippen LogP contribution in [0.1, 0.15) is 10.4 Å². The maximum absolute atomic E-state index is 11.5. The van der Waals surface area contributed by atoms with Crippen molar-refractivity contribution in [3.63, 3.8) is 0 Å². The fourth-order valence-corrected chi connectivity index (χ4v) is 1.68. The van der Waals surface area contributed by atoms with Crippen molar-refractivity contribution in [1.82, 2.24) is 0 Å². The quantitative estimate of drug-likeness (QED) is 0.615. The SMILES string of the molecule is [2H]N=Nc1c(O)c(C(=O)OC)cc2ccccc12. The van der Waals surface area contributed by atoms with Crippen molar-refractivity contribution in [2.24, 2.45) is 5.11 Å². The molecule has 5 heteroatoms. The number of hydrogen-bond acceptors (Lipinski definition) is 5. The number of ether oxygens (including phenoxy) is 1. The zero-order valence-electron chi connectivity index (χ0n) is 10.0. The van der Waals surface area contributed by atoms with Gasteiger partial charge in [0, 0.05) is 5.39 Å². The molecule has 0 unspecified atom stereocenters. The normalized spacial score (nSPS) is 11.7. The van der Waals surface area contributed by atoms with E-state index >= 15 is 0 Å². The van der Waals surface area contributed by atoms with Crippen LogP contribution in [0.25, 0.3) is 10.8 Å². The van der Waals surface area contributed by atoms with Crippen molar-refractivity contribution in [2.45, 2.75) is 0 Å². The Kier molecular flexibility index (Phi) is 2.42. The van der Waals surface area contributed by atoms with Gasteiger partial charge in [-0.25, -0.2) is 10.3 Å². The third-order valence-corrected chi connectivity index (χ3v) is 2.50. The van der Waals surface area contributed by atoms with E-state index in [1.807, 2.05) is 0 Å². The van der Waals surface area contributed by atoms with Gasteiger partial charge < -0.3 is 9.84 Å². The largest absolute Gasteiger partial charge is 0.505 e. The van der Waals surface area contributed by atoms with Gasteiger partial charge in [0.05, 0.1) is 7.11 Å². The summed E-state index contributed by atoms with van der Waals surface area (Å²) in [5.41, 5.74) is 2.99. The van der Waals surface area contributed by atoms with Crippen LogP contribution in [0.3, 0.4) is 0 Å². The van der Waals surface area contributed by atoms with Crippen LogP contribution in [0.4, 0.5) is 5.69 Å².